The quantitative estimate of drug-likeness (QED) is 0.0439. The van der Waals surface area contributed by atoms with Gasteiger partial charge in [-0.05, 0) is 75.3 Å². The summed E-state index contributed by atoms with van der Waals surface area (Å²) in [7, 11) is 0. The summed E-state index contributed by atoms with van der Waals surface area (Å²) < 4.78 is 33.9. The van der Waals surface area contributed by atoms with Crippen LogP contribution in [0.25, 0.3) is 10.9 Å². The zero-order valence-corrected chi connectivity index (χ0v) is 54.0. The molecule has 0 aliphatic carbocycles. The van der Waals surface area contributed by atoms with Crippen molar-refractivity contribution in [3.8, 4) is 11.8 Å². The molecular formula is C65H91F2N13O14. The lowest BCUT2D eigenvalue weighted by Crippen LogP contribution is -2.53. The maximum atomic E-state index is 14.1. The van der Waals surface area contributed by atoms with Crippen molar-refractivity contribution >= 4 is 70.2 Å². The molecule has 27 nitrogen and oxygen atoms in total. The number of piperazine rings is 1. The molecule has 0 saturated carbocycles. The summed E-state index contributed by atoms with van der Waals surface area (Å²) in [5, 5.41) is 49.3. The third-order valence-corrected chi connectivity index (χ3v) is 17.0. The lowest BCUT2D eigenvalue weighted by molar-refractivity contribution is -0.140. The number of carbonyl (C=O) groups excluding carboxylic acids is 7. The van der Waals surface area contributed by atoms with Gasteiger partial charge in [0.2, 0.25) is 35.4 Å². The summed E-state index contributed by atoms with van der Waals surface area (Å²) in [5.74, 6) is -11.0. The molecule has 3 fully saturated rings. The van der Waals surface area contributed by atoms with E-state index in [1.165, 1.54) is 12.3 Å². The number of amides is 7. The zero-order valence-electron chi connectivity index (χ0n) is 54.0. The lowest BCUT2D eigenvalue weighted by atomic mass is 9.95. The van der Waals surface area contributed by atoms with Gasteiger partial charge in [-0.2, -0.15) is 5.26 Å². The van der Waals surface area contributed by atoms with E-state index >= 15 is 0 Å². The number of carboxylic acids is 3. The molecule has 514 valence electrons. The van der Waals surface area contributed by atoms with Crippen LogP contribution in [-0.2, 0) is 49.6 Å². The number of imide groups is 1. The van der Waals surface area contributed by atoms with E-state index < -0.39 is 96.8 Å². The number of carbonyl (C=O) groups is 10. The number of unbranched alkanes of at least 4 members (excludes halogenated alkanes) is 2. The van der Waals surface area contributed by atoms with Gasteiger partial charge in [0.1, 0.15) is 17.8 Å². The summed E-state index contributed by atoms with van der Waals surface area (Å²) in [5.41, 5.74) is 2.98. The van der Waals surface area contributed by atoms with Gasteiger partial charge in [0, 0.05) is 128 Å². The number of benzene rings is 2. The van der Waals surface area contributed by atoms with Crippen molar-refractivity contribution in [2.75, 3.05) is 138 Å². The van der Waals surface area contributed by atoms with Gasteiger partial charge in [-0.25, -0.2) is 8.78 Å². The highest BCUT2D eigenvalue weighted by Crippen LogP contribution is 2.32. The van der Waals surface area contributed by atoms with Gasteiger partial charge in [-0.15, -0.1) is 0 Å². The fourth-order valence-corrected chi connectivity index (χ4v) is 11.7. The Bertz CT molecular complexity index is 3100. The average molecular weight is 1320 g/mol. The largest absolute Gasteiger partial charge is 0.494 e. The monoisotopic (exact) mass is 1320 g/mol. The van der Waals surface area contributed by atoms with Gasteiger partial charge in [0.05, 0.1) is 63.0 Å². The van der Waals surface area contributed by atoms with E-state index in [2.05, 4.69) is 31.2 Å². The molecule has 2 unspecified atom stereocenters. The summed E-state index contributed by atoms with van der Waals surface area (Å²) >= 11 is 0. The average Bonchev–Trinajstić information content (AvgIpc) is 1.35. The van der Waals surface area contributed by atoms with E-state index in [4.69, 9.17) is 4.74 Å². The summed E-state index contributed by atoms with van der Waals surface area (Å²) in [6.07, 6.45) is 4.94. The van der Waals surface area contributed by atoms with Crippen molar-refractivity contribution in [1.29, 1.82) is 5.26 Å². The number of nitrogens with one attached hydrogen (secondary N) is 4. The number of nitrogens with zero attached hydrogens (tertiary/aromatic N) is 9. The Kier molecular flexibility index (Phi) is 29.9. The fraction of sp³-hybridized carbons (Fsp3) is 0.600. The first-order valence-electron chi connectivity index (χ1n) is 32.2. The van der Waals surface area contributed by atoms with Crippen LogP contribution in [-0.4, -0.2) is 269 Å². The lowest BCUT2D eigenvalue weighted by Gasteiger charge is -2.36. The van der Waals surface area contributed by atoms with Crippen molar-refractivity contribution in [2.24, 2.45) is 11.8 Å². The number of rotatable bonds is 32. The molecule has 0 bridgehead atoms. The van der Waals surface area contributed by atoms with Crippen LogP contribution in [0.15, 0.2) is 54.7 Å². The number of aryl methyl sites for hydroxylation is 2. The predicted molar refractivity (Wildman–Crippen MR) is 340 cm³/mol. The molecule has 0 spiro atoms. The van der Waals surface area contributed by atoms with Gasteiger partial charge < -0.3 is 45.8 Å². The highest BCUT2D eigenvalue weighted by Gasteiger charge is 2.47. The number of ether oxygens (including phenoxy) is 1. The fourth-order valence-electron chi connectivity index (χ4n) is 11.7. The van der Waals surface area contributed by atoms with Crippen molar-refractivity contribution in [3.63, 3.8) is 0 Å². The minimum atomic E-state index is -3.19. The molecule has 3 saturated heterocycles. The van der Waals surface area contributed by atoms with Crippen molar-refractivity contribution in [3.05, 3.63) is 71.4 Å². The Morgan fingerprint density at radius 3 is 1.88 bits per heavy atom. The van der Waals surface area contributed by atoms with Crippen molar-refractivity contribution < 1.29 is 76.8 Å². The molecular weight excluding hydrogens is 1220 g/mol. The number of nitriles is 1. The third-order valence-electron chi connectivity index (χ3n) is 17.0. The second-order valence-corrected chi connectivity index (χ2v) is 24.7. The van der Waals surface area contributed by atoms with Crippen LogP contribution in [0.1, 0.15) is 93.1 Å². The van der Waals surface area contributed by atoms with E-state index in [9.17, 15) is 77.3 Å². The molecule has 3 aromatic rings. The Balaban J connectivity index is 0.978. The number of likely N-dealkylation sites (tertiary alicyclic amines) is 1. The van der Waals surface area contributed by atoms with Gasteiger partial charge in [-0.1, -0.05) is 56.5 Å². The van der Waals surface area contributed by atoms with Crippen LogP contribution in [0, 0.1) is 30.1 Å². The summed E-state index contributed by atoms with van der Waals surface area (Å²) in [4.78, 5) is 145. The molecule has 4 atom stereocenters. The topological polar surface area (TPSA) is 348 Å². The van der Waals surface area contributed by atoms with Crippen molar-refractivity contribution in [2.45, 2.75) is 103 Å². The first kappa shape index (κ1) is 74.7. The molecule has 6 rings (SSSR count). The highest BCUT2D eigenvalue weighted by molar-refractivity contribution is 6.07. The number of hydrogen-bond acceptors (Lipinski definition) is 18. The standard InChI is InChI=1S/C65H91F2N13O14/c1-45-12-14-48(15-13-45)9-7-11-55(81)70-19-6-4-5-10-54(72-56(82)40-75-22-24-76(41-58(84)85)26-28-78(43-60(88)89)29-27-77(25-23-75)42-59(86)87)63(92)73-61(90)46(2)35-47(3)64(93)79-32-30-74(31-33-79)21-8-34-94-50-16-17-53-52(36-50)51(18-20-69-53)62(91)71-39-57(83)80-44-65(66,67)37-49(80)38-68/h12-18,20,36,46-47,49,54H,4-11,19,21-35,37,39-44H2,1-3H3,(H,70,81)(H,71,91)(H,72,82)(H,84,85)(H,86,87)(H,88,89)(H,73,90,92)/t46?,47?,49-,54+/m1/s1. The number of alkyl halides is 2. The number of aliphatic carboxylic acids is 3. The maximum absolute atomic E-state index is 14.1. The van der Waals surface area contributed by atoms with Gasteiger partial charge in [0.15, 0.2) is 0 Å². The Hall–Kier alpha value is -8.30. The van der Waals surface area contributed by atoms with E-state index in [0.717, 1.165) is 22.4 Å². The minimum Gasteiger partial charge on any atom is -0.494 e. The van der Waals surface area contributed by atoms with Crippen LogP contribution in [0.4, 0.5) is 8.78 Å². The second-order valence-electron chi connectivity index (χ2n) is 24.7. The molecule has 2 aromatic carbocycles. The van der Waals surface area contributed by atoms with E-state index in [1.54, 1.807) is 62.6 Å². The molecule has 7 amide bonds. The van der Waals surface area contributed by atoms with Gasteiger partial charge in [0.25, 0.3) is 11.8 Å². The summed E-state index contributed by atoms with van der Waals surface area (Å²) in [6, 6.07) is 13.9. The van der Waals surface area contributed by atoms with E-state index in [-0.39, 0.29) is 109 Å². The minimum absolute atomic E-state index is 0.0755. The first-order valence-corrected chi connectivity index (χ1v) is 32.2. The molecule has 1 aromatic heterocycles. The number of carboxylic acid groups (broad SMARTS) is 3. The smallest absolute Gasteiger partial charge is 0.317 e. The molecule has 0 radical (unpaired) electrons. The van der Waals surface area contributed by atoms with Crippen LogP contribution >= 0.6 is 0 Å². The third kappa shape index (κ3) is 25.5. The van der Waals surface area contributed by atoms with Crippen LogP contribution in [0.5, 0.6) is 5.75 Å². The van der Waals surface area contributed by atoms with Crippen LogP contribution < -0.4 is 26.0 Å². The normalized spacial score (nSPS) is 18.1. The Labute approximate surface area is 546 Å². The van der Waals surface area contributed by atoms with Gasteiger partial charge in [-0.3, -0.25) is 82.7 Å². The number of halogens is 2. The molecule has 4 heterocycles. The molecule has 3 aliphatic rings. The Morgan fingerprint density at radius 2 is 1.29 bits per heavy atom. The highest BCUT2D eigenvalue weighted by atomic mass is 19.3. The SMILES string of the molecule is Cc1ccc(CCCC(=O)NCCCCC[C@H](NC(=O)CN2CCN(CC(=O)O)CCN(CC(=O)O)CCN(CC(=O)O)CC2)C(=O)NC(=O)C(C)CC(C)C(=O)N2CCN(CCCOc3ccc4nccc(C(=O)NCC(=O)N5CC(F)(F)C[C@@H]5C#N)c4c3)CC2)cc1. The second kappa shape index (κ2) is 37.6. The predicted octanol–water partition coefficient (Wildman–Crippen LogP) is 1.91. The van der Waals surface area contributed by atoms with Gasteiger partial charge >= 0.3 is 17.9 Å². The first-order chi connectivity index (χ1) is 44.8. The molecule has 94 heavy (non-hydrogen) atoms. The molecule has 29 heteroatoms. The van der Waals surface area contributed by atoms with Crippen molar-refractivity contribution in [1.82, 2.24) is 60.6 Å². The maximum Gasteiger partial charge on any atom is 0.317 e. The number of hydrogen-bond donors (Lipinski definition) is 7. The zero-order chi connectivity index (χ0) is 68.3. The summed E-state index contributed by atoms with van der Waals surface area (Å²) in [6.45, 7) is 7.38. The van der Waals surface area contributed by atoms with E-state index in [0.29, 0.717) is 101 Å². The molecule has 3 aliphatic heterocycles. The Morgan fingerprint density at radius 1 is 0.691 bits per heavy atom. The molecule has 7 N–H and O–H groups in total. The van der Waals surface area contributed by atoms with E-state index in [1.807, 2.05) is 31.2 Å². The van der Waals surface area contributed by atoms with Crippen LogP contribution in [0.2, 0.25) is 0 Å². The number of aromatic nitrogens is 1. The number of fused-ring (bicyclic) bond motifs is 1. The number of pyridine rings is 1. The van der Waals surface area contributed by atoms with Crippen LogP contribution in [0.3, 0.4) is 0 Å².